The van der Waals surface area contributed by atoms with Gasteiger partial charge in [0.15, 0.2) is 0 Å². The van der Waals surface area contributed by atoms with Crippen LogP contribution >= 0.6 is 11.6 Å². The van der Waals surface area contributed by atoms with E-state index in [9.17, 15) is 4.79 Å². The summed E-state index contributed by atoms with van der Waals surface area (Å²) in [5.74, 6) is -0.0838. The van der Waals surface area contributed by atoms with Gasteiger partial charge in [0.1, 0.15) is 5.65 Å². The van der Waals surface area contributed by atoms with Crippen LogP contribution in [-0.4, -0.2) is 15.3 Å². The number of nitrogens with one attached hydrogen (secondary N) is 1. The van der Waals surface area contributed by atoms with Crippen molar-refractivity contribution in [1.82, 2.24) is 9.38 Å². The van der Waals surface area contributed by atoms with Crippen LogP contribution in [0.15, 0.2) is 42.7 Å². The number of aromatic nitrogens is 2. The summed E-state index contributed by atoms with van der Waals surface area (Å²) in [6, 6.07) is 9.58. The fourth-order valence-electron chi connectivity index (χ4n) is 2.52. The van der Waals surface area contributed by atoms with Gasteiger partial charge in [-0.1, -0.05) is 17.7 Å². The Morgan fingerprint density at radius 1 is 1.18 bits per heavy atom. The number of amides is 1. The SMILES string of the molecule is Cc1cc(C)cc(NC(=O)Cc2cn3cc(Cl)ccc3n2)c1. The predicted octanol–water partition coefficient (Wildman–Crippen LogP) is 3.79. The third-order valence-corrected chi connectivity index (χ3v) is 3.54. The molecule has 2 heterocycles. The predicted molar refractivity (Wildman–Crippen MR) is 88.5 cm³/mol. The Kier molecular flexibility index (Phi) is 3.86. The molecule has 112 valence electrons. The maximum Gasteiger partial charge on any atom is 0.230 e. The number of nitrogens with zero attached hydrogens (tertiary/aromatic N) is 2. The van der Waals surface area contributed by atoms with Crippen molar-refractivity contribution in [3.8, 4) is 0 Å². The van der Waals surface area contributed by atoms with Gasteiger partial charge in [0.05, 0.1) is 17.1 Å². The molecule has 1 N–H and O–H groups in total. The zero-order valence-corrected chi connectivity index (χ0v) is 13.2. The Bertz CT molecular complexity index is 834. The monoisotopic (exact) mass is 313 g/mol. The Morgan fingerprint density at radius 3 is 2.64 bits per heavy atom. The van der Waals surface area contributed by atoms with Crippen LogP contribution in [0.4, 0.5) is 5.69 Å². The van der Waals surface area contributed by atoms with Gasteiger partial charge in [0.2, 0.25) is 5.91 Å². The number of pyridine rings is 1. The third kappa shape index (κ3) is 3.28. The van der Waals surface area contributed by atoms with Crippen molar-refractivity contribution in [2.45, 2.75) is 20.3 Å². The van der Waals surface area contributed by atoms with Crippen LogP contribution in [0.3, 0.4) is 0 Å². The second kappa shape index (κ2) is 5.81. The Labute approximate surface area is 133 Å². The minimum Gasteiger partial charge on any atom is -0.326 e. The molecule has 0 saturated heterocycles. The Morgan fingerprint density at radius 2 is 1.91 bits per heavy atom. The molecular formula is C17H16ClN3O. The van der Waals surface area contributed by atoms with Crippen molar-refractivity contribution in [1.29, 1.82) is 0 Å². The second-order valence-electron chi connectivity index (χ2n) is 5.45. The van der Waals surface area contributed by atoms with E-state index in [1.54, 1.807) is 12.3 Å². The highest BCUT2D eigenvalue weighted by Crippen LogP contribution is 2.15. The van der Waals surface area contributed by atoms with Gasteiger partial charge in [0, 0.05) is 18.1 Å². The average molecular weight is 314 g/mol. The van der Waals surface area contributed by atoms with Gasteiger partial charge in [-0.3, -0.25) is 4.79 Å². The highest BCUT2D eigenvalue weighted by Gasteiger charge is 2.09. The van der Waals surface area contributed by atoms with E-state index in [2.05, 4.69) is 16.4 Å². The van der Waals surface area contributed by atoms with Crippen LogP contribution in [0.2, 0.25) is 5.02 Å². The molecule has 1 aromatic carbocycles. The number of carbonyl (C=O) groups excluding carboxylic acids is 1. The number of aryl methyl sites for hydroxylation is 2. The molecule has 0 aliphatic rings. The summed E-state index contributed by atoms with van der Waals surface area (Å²) in [7, 11) is 0. The molecule has 0 atom stereocenters. The number of carbonyl (C=O) groups is 1. The first-order valence-electron chi connectivity index (χ1n) is 7.01. The number of hydrogen-bond donors (Lipinski definition) is 1. The van der Waals surface area contributed by atoms with Gasteiger partial charge < -0.3 is 9.72 Å². The maximum absolute atomic E-state index is 12.2. The Hall–Kier alpha value is -2.33. The first-order chi connectivity index (χ1) is 10.5. The highest BCUT2D eigenvalue weighted by molar-refractivity contribution is 6.30. The molecule has 0 bridgehead atoms. The number of fused-ring (bicyclic) bond motifs is 1. The summed E-state index contributed by atoms with van der Waals surface area (Å²) < 4.78 is 1.82. The molecule has 5 heteroatoms. The van der Waals surface area contributed by atoms with Gasteiger partial charge >= 0.3 is 0 Å². The normalized spacial score (nSPS) is 10.9. The minimum absolute atomic E-state index is 0.0838. The second-order valence-corrected chi connectivity index (χ2v) is 5.88. The summed E-state index contributed by atoms with van der Waals surface area (Å²) in [6.45, 7) is 4.02. The van der Waals surface area contributed by atoms with E-state index in [1.807, 2.05) is 42.6 Å². The fraction of sp³-hybridized carbons (Fsp3) is 0.176. The molecule has 0 aliphatic carbocycles. The van der Waals surface area contributed by atoms with Gasteiger partial charge in [-0.15, -0.1) is 0 Å². The molecule has 0 aliphatic heterocycles. The lowest BCUT2D eigenvalue weighted by atomic mass is 10.1. The zero-order chi connectivity index (χ0) is 15.7. The van der Waals surface area contributed by atoms with Crippen LogP contribution in [0.25, 0.3) is 5.65 Å². The van der Waals surface area contributed by atoms with E-state index < -0.39 is 0 Å². The lowest BCUT2D eigenvalue weighted by Crippen LogP contribution is -2.14. The molecule has 2 aromatic heterocycles. The van der Waals surface area contributed by atoms with Gasteiger partial charge in [0.25, 0.3) is 0 Å². The maximum atomic E-state index is 12.2. The number of benzene rings is 1. The molecule has 0 spiro atoms. The number of anilines is 1. The lowest BCUT2D eigenvalue weighted by Gasteiger charge is -2.06. The van der Waals surface area contributed by atoms with E-state index in [-0.39, 0.29) is 12.3 Å². The number of halogens is 1. The van der Waals surface area contributed by atoms with E-state index in [1.165, 1.54) is 0 Å². The van der Waals surface area contributed by atoms with Crippen molar-refractivity contribution in [2.24, 2.45) is 0 Å². The summed E-state index contributed by atoms with van der Waals surface area (Å²) in [4.78, 5) is 16.6. The molecule has 0 saturated carbocycles. The summed E-state index contributed by atoms with van der Waals surface area (Å²) >= 11 is 5.94. The standard InChI is InChI=1S/C17H16ClN3O/c1-11-5-12(2)7-14(6-11)20-17(22)8-15-10-21-9-13(18)3-4-16(21)19-15/h3-7,9-10H,8H2,1-2H3,(H,20,22). The van der Waals surface area contributed by atoms with Crippen molar-refractivity contribution >= 4 is 28.8 Å². The smallest absolute Gasteiger partial charge is 0.230 e. The van der Waals surface area contributed by atoms with Crippen molar-refractivity contribution < 1.29 is 4.79 Å². The molecule has 0 fully saturated rings. The minimum atomic E-state index is -0.0838. The molecule has 22 heavy (non-hydrogen) atoms. The van der Waals surface area contributed by atoms with Gasteiger partial charge in [-0.05, 0) is 49.2 Å². The van der Waals surface area contributed by atoms with Gasteiger partial charge in [-0.2, -0.15) is 0 Å². The van der Waals surface area contributed by atoms with E-state index in [0.717, 1.165) is 22.5 Å². The topological polar surface area (TPSA) is 46.4 Å². The number of hydrogen-bond acceptors (Lipinski definition) is 2. The molecule has 3 rings (SSSR count). The third-order valence-electron chi connectivity index (χ3n) is 3.31. The summed E-state index contributed by atoms with van der Waals surface area (Å²) in [5, 5.41) is 3.55. The van der Waals surface area contributed by atoms with Crippen molar-refractivity contribution in [2.75, 3.05) is 5.32 Å². The number of imidazole rings is 1. The van der Waals surface area contributed by atoms with E-state index in [0.29, 0.717) is 10.7 Å². The lowest BCUT2D eigenvalue weighted by molar-refractivity contribution is -0.115. The van der Waals surface area contributed by atoms with Crippen molar-refractivity contribution in [3.05, 3.63) is 64.6 Å². The van der Waals surface area contributed by atoms with Crippen LogP contribution < -0.4 is 5.32 Å². The van der Waals surface area contributed by atoms with E-state index in [4.69, 9.17) is 11.6 Å². The summed E-state index contributed by atoms with van der Waals surface area (Å²) in [6.07, 6.45) is 3.82. The highest BCUT2D eigenvalue weighted by atomic mass is 35.5. The molecular weight excluding hydrogens is 298 g/mol. The number of rotatable bonds is 3. The fourth-order valence-corrected chi connectivity index (χ4v) is 2.69. The first kappa shape index (κ1) is 14.6. The zero-order valence-electron chi connectivity index (χ0n) is 12.4. The largest absolute Gasteiger partial charge is 0.326 e. The quantitative estimate of drug-likeness (QED) is 0.799. The first-order valence-corrected chi connectivity index (χ1v) is 7.39. The molecule has 0 unspecified atom stereocenters. The van der Waals surface area contributed by atoms with Crippen LogP contribution in [0.5, 0.6) is 0 Å². The molecule has 4 nitrogen and oxygen atoms in total. The summed E-state index contributed by atoms with van der Waals surface area (Å²) in [5.41, 5.74) is 4.55. The Balaban J connectivity index is 1.75. The average Bonchev–Trinajstić information content (AvgIpc) is 2.78. The molecule has 3 aromatic rings. The van der Waals surface area contributed by atoms with Crippen molar-refractivity contribution in [3.63, 3.8) is 0 Å². The van der Waals surface area contributed by atoms with Crippen LogP contribution in [0.1, 0.15) is 16.8 Å². The van der Waals surface area contributed by atoms with Crippen LogP contribution in [0, 0.1) is 13.8 Å². The molecule has 0 radical (unpaired) electrons. The molecule has 1 amide bonds. The van der Waals surface area contributed by atoms with Gasteiger partial charge in [-0.25, -0.2) is 4.98 Å². The van der Waals surface area contributed by atoms with Crippen LogP contribution in [-0.2, 0) is 11.2 Å². The van der Waals surface area contributed by atoms with E-state index >= 15 is 0 Å².